The minimum absolute atomic E-state index is 0.0320. The van der Waals surface area contributed by atoms with Crippen LogP contribution in [-0.4, -0.2) is 83.1 Å². The molecular weight excluding hydrogens is 969 g/mol. The molecule has 2 heterocycles. The third-order valence-corrected chi connectivity index (χ3v) is 18.3. The van der Waals surface area contributed by atoms with Gasteiger partial charge in [0.25, 0.3) is 11.8 Å². The van der Waals surface area contributed by atoms with Crippen molar-refractivity contribution in [2.24, 2.45) is 68.4 Å². The molecule has 12 nitrogen and oxygen atoms in total. The third kappa shape index (κ3) is 11.7. The summed E-state index contributed by atoms with van der Waals surface area (Å²) in [7, 11) is 0. The fraction of sp³-hybridized carbons (Fsp3) is 0.424. The van der Waals surface area contributed by atoms with E-state index in [0.29, 0.717) is 73.8 Å². The van der Waals surface area contributed by atoms with Gasteiger partial charge in [-0.1, -0.05) is 140 Å². The van der Waals surface area contributed by atoms with Gasteiger partial charge in [0.1, 0.15) is 0 Å². The molecular formula is C66H78N8O4. The number of amides is 2. The number of fused-ring (bicyclic) bond motifs is 8. The Labute approximate surface area is 460 Å². The zero-order valence-electron chi connectivity index (χ0n) is 45.1. The molecule has 8 N–H and O–H groups in total. The molecule has 0 bridgehead atoms. The van der Waals surface area contributed by atoms with Crippen LogP contribution in [0, 0.1) is 35.5 Å². The number of nitrogens with two attached hydrogens (primary N) is 4. The summed E-state index contributed by atoms with van der Waals surface area (Å²) in [4.78, 5) is 41.1. The molecule has 5 aromatic rings. The van der Waals surface area contributed by atoms with Crippen molar-refractivity contribution < 1.29 is 19.1 Å². The highest BCUT2D eigenvalue weighted by Gasteiger charge is 2.56. The summed E-state index contributed by atoms with van der Waals surface area (Å²) in [6.45, 7) is 3.58. The lowest BCUT2D eigenvalue weighted by Gasteiger charge is -2.42. The van der Waals surface area contributed by atoms with Crippen molar-refractivity contribution in [2.75, 3.05) is 26.2 Å². The minimum atomic E-state index is -0.365. The van der Waals surface area contributed by atoms with Gasteiger partial charge in [-0.25, -0.2) is 4.99 Å². The van der Waals surface area contributed by atoms with Gasteiger partial charge in [0.15, 0.2) is 11.9 Å². The van der Waals surface area contributed by atoms with Crippen LogP contribution >= 0.6 is 0 Å². The minimum Gasteiger partial charge on any atom is -0.370 e. The summed E-state index contributed by atoms with van der Waals surface area (Å²) in [5.74, 6) is 3.19. The summed E-state index contributed by atoms with van der Waals surface area (Å²) in [6.07, 6.45) is 31.1. The Morgan fingerprint density at radius 1 is 0.526 bits per heavy atom. The lowest BCUT2D eigenvalue weighted by atomic mass is 9.70. The van der Waals surface area contributed by atoms with Crippen molar-refractivity contribution in [3.63, 3.8) is 0 Å². The van der Waals surface area contributed by atoms with Gasteiger partial charge < -0.3 is 42.2 Å². The number of nitrogens with zero attached hydrogens (tertiary/aromatic N) is 4. The molecule has 2 saturated heterocycles. The Morgan fingerprint density at radius 3 is 1.58 bits per heavy atom. The number of benzene rings is 5. The first-order valence-electron chi connectivity index (χ1n) is 28.7. The van der Waals surface area contributed by atoms with E-state index >= 15 is 0 Å². The maximum absolute atomic E-state index is 14.3. The molecule has 12 rings (SSSR count). The predicted molar refractivity (Wildman–Crippen MR) is 313 cm³/mol. The summed E-state index contributed by atoms with van der Waals surface area (Å²) in [6, 6.07) is 36.7. The summed E-state index contributed by atoms with van der Waals surface area (Å²) < 4.78 is 13.9. The fourth-order valence-electron chi connectivity index (χ4n) is 14.5. The standard InChI is InChI=1S/C33H42N4O2.C33H36N4O2/c34-32(35)36-20-23-8-7-9-24(18-23)21-37(31(38)27-16-15-25-10-1-2-11-26(25)19-27)22-33-17-6-5-13-29(33)28-12-3-4-14-30(28)39-33;34-32(35)36-20-23-12-14-24(15-13-23)21-37(31(38)27-17-16-25-7-1-2-8-26(25)19-27)22-33-18-6-5-10-29(33)28-9-3-4-11-30(28)39-33/h1-6,10-11,15-16,19,23-24,28-30H,7-9,12-14,17-18,20-22H2,(H4,34,35,36);1-8,12-17,19,28-30H,9-11,18,20-22H2,(H4,34,35,36). The second-order valence-electron chi connectivity index (χ2n) is 23.4. The quantitative estimate of drug-likeness (QED) is 0.0480. The van der Waals surface area contributed by atoms with E-state index in [4.69, 9.17) is 32.4 Å². The van der Waals surface area contributed by atoms with Crippen LogP contribution in [0.3, 0.4) is 0 Å². The van der Waals surface area contributed by atoms with Crippen LogP contribution < -0.4 is 22.9 Å². The highest BCUT2D eigenvalue weighted by Crippen LogP contribution is 2.53. The number of rotatable bonds is 14. The molecule has 2 aliphatic heterocycles. The van der Waals surface area contributed by atoms with E-state index in [0.717, 1.165) is 122 Å². The van der Waals surface area contributed by atoms with Gasteiger partial charge in [0, 0.05) is 30.8 Å². The van der Waals surface area contributed by atoms with Crippen molar-refractivity contribution >= 4 is 45.3 Å². The van der Waals surface area contributed by atoms with Gasteiger partial charge in [-0.05, 0) is 163 Å². The van der Waals surface area contributed by atoms with Crippen LogP contribution in [0.5, 0.6) is 0 Å². The SMILES string of the molecule is NC(N)=NCC1CCCC(CN(CC23CC=CCC2C2CC=CCC2O3)C(=O)c2ccc3ccccc3c2)C1.NC(N)=NCc1ccc(CN(CC23CC=CCC2C2CC=CCC2O3)C(=O)c2ccc3ccccc3c2)cc1. The van der Waals surface area contributed by atoms with E-state index in [2.05, 4.69) is 112 Å². The van der Waals surface area contributed by atoms with Crippen molar-refractivity contribution in [2.45, 2.75) is 114 Å². The van der Waals surface area contributed by atoms with E-state index in [9.17, 15) is 9.59 Å². The van der Waals surface area contributed by atoms with E-state index in [1.54, 1.807) is 0 Å². The number of hydrogen-bond donors (Lipinski definition) is 4. The highest BCUT2D eigenvalue weighted by atomic mass is 16.5. The van der Waals surface area contributed by atoms with Gasteiger partial charge in [0.2, 0.25) is 0 Å². The largest absolute Gasteiger partial charge is 0.370 e. The monoisotopic (exact) mass is 1050 g/mol. The molecule has 12 heteroatoms. The number of allylic oxidation sites excluding steroid dienone is 4. The molecule has 5 aromatic carbocycles. The zero-order valence-corrected chi connectivity index (χ0v) is 45.1. The number of ether oxygens (including phenoxy) is 2. The van der Waals surface area contributed by atoms with Gasteiger partial charge in [-0.15, -0.1) is 0 Å². The molecule has 7 aliphatic rings. The lowest BCUT2D eigenvalue weighted by molar-refractivity contribution is -0.0750. The molecule has 78 heavy (non-hydrogen) atoms. The highest BCUT2D eigenvalue weighted by molar-refractivity contribution is 5.99. The molecule has 5 aliphatic carbocycles. The predicted octanol–water partition coefficient (Wildman–Crippen LogP) is 10.8. The average Bonchev–Trinajstić information content (AvgIpc) is 4.22. The normalized spacial score (nSPS) is 28.3. The fourth-order valence-corrected chi connectivity index (χ4v) is 14.5. The number of aliphatic imine (C=N–C) groups is 2. The van der Waals surface area contributed by atoms with Crippen LogP contribution in [0.2, 0.25) is 0 Å². The van der Waals surface area contributed by atoms with Crippen LogP contribution in [0.15, 0.2) is 168 Å². The number of hydrogen-bond acceptors (Lipinski definition) is 6. The summed E-state index contributed by atoms with van der Waals surface area (Å²) in [5.41, 5.74) is 25.1. The Kier molecular flexibility index (Phi) is 16.0. The van der Waals surface area contributed by atoms with Gasteiger partial charge in [-0.2, -0.15) is 0 Å². The van der Waals surface area contributed by atoms with Crippen LogP contribution in [-0.2, 0) is 22.6 Å². The van der Waals surface area contributed by atoms with Crippen molar-refractivity contribution in [3.8, 4) is 0 Å². The lowest BCUT2D eigenvalue weighted by Crippen LogP contribution is -2.51. The maximum atomic E-state index is 14.3. The first-order chi connectivity index (χ1) is 38.0. The summed E-state index contributed by atoms with van der Waals surface area (Å²) >= 11 is 0. The molecule has 3 fully saturated rings. The second-order valence-corrected chi connectivity index (χ2v) is 23.4. The third-order valence-electron chi connectivity index (χ3n) is 18.3. The van der Waals surface area contributed by atoms with Crippen LogP contribution in [0.1, 0.15) is 109 Å². The van der Waals surface area contributed by atoms with Gasteiger partial charge in [-0.3, -0.25) is 14.6 Å². The smallest absolute Gasteiger partial charge is 0.254 e. The first kappa shape index (κ1) is 53.0. The Morgan fingerprint density at radius 2 is 1.01 bits per heavy atom. The van der Waals surface area contributed by atoms with Crippen molar-refractivity contribution in [3.05, 3.63) is 180 Å². The Balaban J connectivity index is 0.000000165. The molecule has 0 aromatic heterocycles. The van der Waals surface area contributed by atoms with Crippen molar-refractivity contribution in [1.29, 1.82) is 0 Å². The Bertz CT molecular complexity index is 3140. The molecule has 406 valence electrons. The van der Waals surface area contributed by atoms with Crippen LogP contribution in [0.4, 0.5) is 0 Å². The van der Waals surface area contributed by atoms with Gasteiger partial charge >= 0.3 is 0 Å². The first-order valence-corrected chi connectivity index (χ1v) is 28.7. The number of carbonyl (C=O) groups excluding carboxylic acids is 2. The molecule has 10 unspecified atom stereocenters. The maximum Gasteiger partial charge on any atom is 0.254 e. The zero-order chi connectivity index (χ0) is 53.6. The topological polar surface area (TPSA) is 188 Å². The molecule has 1 saturated carbocycles. The molecule has 2 amide bonds. The Hall–Kier alpha value is -7.02. The average molecular weight is 1050 g/mol. The van der Waals surface area contributed by atoms with E-state index in [1.165, 1.54) is 0 Å². The van der Waals surface area contributed by atoms with E-state index in [1.807, 2.05) is 65.6 Å². The molecule has 0 spiro atoms. The second kappa shape index (κ2) is 23.5. The number of guanidine groups is 2. The van der Waals surface area contributed by atoms with Crippen LogP contribution in [0.25, 0.3) is 21.5 Å². The van der Waals surface area contributed by atoms with E-state index in [-0.39, 0.29) is 47.1 Å². The molecule has 10 atom stereocenters. The number of carbonyl (C=O) groups is 2. The van der Waals surface area contributed by atoms with Gasteiger partial charge in [0.05, 0.1) is 43.0 Å². The van der Waals surface area contributed by atoms with Crippen molar-refractivity contribution in [1.82, 2.24) is 9.80 Å². The summed E-state index contributed by atoms with van der Waals surface area (Å²) in [5, 5.41) is 4.45. The van der Waals surface area contributed by atoms with E-state index < -0.39 is 0 Å². The molecule has 0 radical (unpaired) electrons.